The van der Waals surface area contributed by atoms with Crippen molar-refractivity contribution in [2.45, 2.75) is 6.54 Å². The Morgan fingerprint density at radius 3 is 2.56 bits per heavy atom. The number of non-ortho nitro benzene ring substituents is 1. The number of carbonyl (C=O) groups excluding carboxylic acids is 1. The van der Waals surface area contributed by atoms with Crippen molar-refractivity contribution < 1.29 is 9.72 Å². The molecule has 1 aliphatic rings. The van der Waals surface area contributed by atoms with Crippen LogP contribution in [-0.4, -0.2) is 46.9 Å². The van der Waals surface area contributed by atoms with E-state index in [-0.39, 0.29) is 11.3 Å². The van der Waals surface area contributed by atoms with Gasteiger partial charge >= 0.3 is 0 Å². The van der Waals surface area contributed by atoms with Crippen molar-refractivity contribution in [3.63, 3.8) is 0 Å². The Hall–Kier alpha value is -3.00. The molecule has 1 aromatic carbocycles. The summed E-state index contributed by atoms with van der Waals surface area (Å²) < 4.78 is 0. The van der Waals surface area contributed by atoms with E-state index in [9.17, 15) is 14.9 Å². The van der Waals surface area contributed by atoms with Gasteiger partial charge in [-0.15, -0.1) is 0 Å². The lowest BCUT2D eigenvalue weighted by molar-refractivity contribution is -0.384. The highest BCUT2D eigenvalue weighted by atomic mass is 16.6. The molecule has 25 heavy (non-hydrogen) atoms. The number of piperazine rings is 1. The topological polar surface area (TPSA) is 106 Å². The van der Waals surface area contributed by atoms with Crippen molar-refractivity contribution in [1.82, 2.24) is 9.88 Å². The third-order valence-corrected chi connectivity index (χ3v) is 4.28. The lowest BCUT2D eigenvalue weighted by atomic mass is 10.1. The van der Waals surface area contributed by atoms with Crippen LogP contribution in [0.1, 0.15) is 16.1 Å². The Bertz CT molecular complexity index is 773. The number of nitrogens with two attached hydrogens (primary N) is 1. The van der Waals surface area contributed by atoms with Crippen LogP contribution < -0.4 is 10.6 Å². The summed E-state index contributed by atoms with van der Waals surface area (Å²) in [5.41, 5.74) is 7.13. The SMILES string of the molecule is NC(=O)c1cc([N+](=O)[O-])ccc1N1CCN(Cc2ccccn2)CC1. The molecule has 1 saturated heterocycles. The number of nitro benzene ring substituents is 1. The van der Waals surface area contributed by atoms with Crippen molar-refractivity contribution >= 4 is 17.3 Å². The number of hydrogen-bond donors (Lipinski definition) is 1. The first-order valence-electron chi connectivity index (χ1n) is 8.00. The zero-order chi connectivity index (χ0) is 17.8. The second-order valence-electron chi connectivity index (χ2n) is 5.91. The van der Waals surface area contributed by atoms with Crippen LogP contribution >= 0.6 is 0 Å². The second kappa shape index (κ2) is 7.27. The number of benzene rings is 1. The molecule has 1 amide bonds. The number of nitro groups is 1. The highest BCUT2D eigenvalue weighted by Crippen LogP contribution is 2.26. The van der Waals surface area contributed by atoms with Crippen molar-refractivity contribution in [2.75, 3.05) is 31.1 Å². The molecule has 0 bridgehead atoms. The first kappa shape index (κ1) is 16.8. The normalized spacial score (nSPS) is 15.1. The fourth-order valence-electron chi connectivity index (χ4n) is 2.98. The van der Waals surface area contributed by atoms with Crippen molar-refractivity contribution in [3.05, 3.63) is 64.0 Å². The van der Waals surface area contributed by atoms with Gasteiger partial charge in [-0.25, -0.2) is 0 Å². The van der Waals surface area contributed by atoms with Crippen molar-refractivity contribution in [2.24, 2.45) is 5.73 Å². The number of rotatable bonds is 5. The molecule has 2 N–H and O–H groups in total. The number of amides is 1. The summed E-state index contributed by atoms with van der Waals surface area (Å²) in [4.78, 5) is 30.7. The van der Waals surface area contributed by atoms with Gasteiger partial charge in [0.1, 0.15) is 0 Å². The molecule has 3 rings (SSSR count). The summed E-state index contributed by atoms with van der Waals surface area (Å²) in [7, 11) is 0. The second-order valence-corrected chi connectivity index (χ2v) is 5.91. The maximum atomic E-state index is 11.7. The van der Waals surface area contributed by atoms with Crippen molar-refractivity contribution in [1.29, 1.82) is 0 Å². The van der Waals surface area contributed by atoms with Gasteiger partial charge in [-0.05, 0) is 18.2 Å². The minimum Gasteiger partial charge on any atom is -0.368 e. The van der Waals surface area contributed by atoms with Gasteiger partial charge in [0, 0.05) is 51.1 Å². The molecule has 2 heterocycles. The molecule has 0 atom stereocenters. The van der Waals surface area contributed by atoms with E-state index in [1.54, 1.807) is 12.3 Å². The van der Waals surface area contributed by atoms with E-state index in [1.165, 1.54) is 12.1 Å². The smallest absolute Gasteiger partial charge is 0.270 e. The van der Waals surface area contributed by atoms with Gasteiger partial charge < -0.3 is 10.6 Å². The van der Waals surface area contributed by atoms with Crippen LogP contribution in [0.5, 0.6) is 0 Å². The lowest BCUT2D eigenvalue weighted by Crippen LogP contribution is -2.46. The van der Waals surface area contributed by atoms with Crippen LogP contribution in [0.3, 0.4) is 0 Å². The molecule has 0 saturated carbocycles. The van der Waals surface area contributed by atoms with Crippen LogP contribution in [-0.2, 0) is 6.54 Å². The molecule has 0 radical (unpaired) electrons. The minimum absolute atomic E-state index is 0.133. The summed E-state index contributed by atoms with van der Waals surface area (Å²) in [6.07, 6.45) is 1.78. The lowest BCUT2D eigenvalue weighted by Gasteiger charge is -2.36. The Labute approximate surface area is 145 Å². The number of nitrogens with zero attached hydrogens (tertiary/aromatic N) is 4. The highest BCUT2D eigenvalue weighted by Gasteiger charge is 2.23. The van der Waals surface area contributed by atoms with E-state index < -0.39 is 10.8 Å². The quantitative estimate of drug-likeness (QED) is 0.651. The zero-order valence-corrected chi connectivity index (χ0v) is 13.7. The number of primary amides is 1. The van der Waals surface area contributed by atoms with E-state index in [4.69, 9.17) is 5.73 Å². The van der Waals surface area contributed by atoms with Crippen LogP contribution in [0.2, 0.25) is 0 Å². The Kier molecular flexibility index (Phi) is 4.90. The standard InChI is InChI=1S/C17H19N5O3/c18-17(23)15-11-14(22(24)25)4-5-16(15)21-9-7-20(8-10-21)12-13-3-1-2-6-19-13/h1-6,11H,7-10,12H2,(H2,18,23). The van der Waals surface area contributed by atoms with Crippen LogP contribution in [0.15, 0.2) is 42.6 Å². The third kappa shape index (κ3) is 3.92. The van der Waals surface area contributed by atoms with Gasteiger partial charge in [0.15, 0.2) is 0 Å². The molecule has 0 spiro atoms. The molecular formula is C17H19N5O3. The first-order valence-corrected chi connectivity index (χ1v) is 8.00. The predicted molar refractivity (Wildman–Crippen MR) is 93.3 cm³/mol. The third-order valence-electron chi connectivity index (χ3n) is 4.28. The van der Waals surface area contributed by atoms with Gasteiger partial charge in [0.05, 0.1) is 21.9 Å². The maximum Gasteiger partial charge on any atom is 0.270 e. The number of hydrogen-bond acceptors (Lipinski definition) is 6. The highest BCUT2D eigenvalue weighted by molar-refractivity contribution is 5.99. The molecular weight excluding hydrogens is 322 g/mol. The Morgan fingerprint density at radius 2 is 1.96 bits per heavy atom. The fourth-order valence-corrected chi connectivity index (χ4v) is 2.98. The monoisotopic (exact) mass is 341 g/mol. The molecule has 1 fully saturated rings. The van der Waals surface area contributed by atoms with E-state index >= 15 is 0 Å². The minimum atomic E-state index is -0.658. The molecule has 130 valence electrons. The summed E-state index contributed by atoms with van der Waals surface area (Å²) in [6, 6.07) is 10.1. The molecule has 1 aromatic heterocycles. The number of pyridine rings is 1. The van der Waals surface area contributed by atoms with Gasteiger partial charge in [0.25, 0.3) is 11.6 Å². The molecule has 0 aliphatic carbocycles. The number of anilines is 1. The van der Waals surface area contributed by atoms with E-state index in [0.717, 1.165) is 25.3 Å². The van der Waals surface area contributed by atoms with Gasteiger partial charge in [-0.2, -0.15) is 0 Å². The number of carbonyl (C=O) groups is 1. The average molecular weight is 341 g/mol. The summed E-state index contributed by atoms with van der Waals surface area (Å²) >= 11 is 0. The van der Waals surface area contributed by atoms with Crippen molar-refractivity contribution in [3.8, 4) is 0 Å². The van der Waals surface area contributed by atoms with Crippen LogP contribution in [0, 0.1) is 10.1 Å². The number of aromatic nitrogens is 1. The molecule has 1 aliphatic heterocycles. The van der Waals surface area contributed by atoms with Gasteiger partial charge in [0.2, 0.25) is 0 Å². The van der Waals surface area contributed by atoms with Crippen LogP contribution in [0.25, 0.3) is 0 Å². The summed E-state index contributed by atoms with van der Waals surface area (Å²) in [5.74, 6) is -0.658. The molecule has 0 unspecified atom stereocenters. The largest absolute Gasteiger partial charge is 0.368 e. The first-order chi connectivity index (χ1) is 12.0. The van der Waals surface area contributed by atoms with Gasteiger partial charge in [-0.3, -0.25) is 24.8 Å². The maximum absolute atomic E-state index is 11.7. The van der Waals surface area contributed by atoms with Crippen LogP contribution in [0.4, 0.5) is 11.4 Å². The van der Waals surface area contributed by atoms with E-state index in [2.05, 4.69) is 9.88 Å². The average Bonchev–Trinajstić information content (AvgIpc) is 2.62. The summed E-state index contributed by atoms with van der Waals surface area (Å²) in [5, 5.41) is 10.9. The fraction of sp³-hybridized carbons (Fsp3) is 0.294. The zero-order valence-electron chi connectivity index (χ0n) is 13.7. The summed E-state index contributed by atoms with van der Waals surface area (Å²) in [6.45, 7) is 3.82. The molecule has 8 heteroatoms. The molecule has 8 nitrogen and oxygen atoms in total. The molecule has 2 aromatic rings. The Balaban J connectivity index is 1.70. The van der Waals surface area contributed by atoms with Gasteiger partial charge in [-0.1, -0.05) is 6.07 Å². The van der Waals surface area contributed by atoms with E-state index in [0.29, 0.717) is 18.8 Å². The Morgan fingerprint density at radius 1 is 1.20 bits per heavy atom. The predicted octanol–water partition coefficient (Wildman–Crippen LogP) is 1.41. The van der Waals surface area contributed by atoms with E-state index in [1.807, 2.05) is 23.1 Å².